The summed E-state index contributed by atoms with van der Waals surface area (Å²) in [7, 11) is 0. The number of fused-ring (bicyclic) bond motifs is 2. The highest BCUT2D eigenvalue weighted by Gasteiger charge is 2.22. The molecule has 2 N–H and O–H groups in total. The number of hydrogen-bond donors (Lipinski definition) is 2. The van der Waals surface area contributed by atoms with Crippen LogP contribution < -0.4 is 15.8 Å². The SMILES string of the molecule is Cc1cncc(C(C)Nc2ccc3c(c2)Sc2cccc(-c4cc(N5CCOCC5)cc(=O)[nH]4)c2S3)c1. The molecule has 37 heavy (non-hydrogen) atoms. The second-order valence-electron chi connectivity index (χ2n) is 9.38. The predicted molar refractivity (Wildman–Crippen MR) is 151 cm³/mol. The lowest BCUT2D eigenvalue weighted by atomic mass is 10.1. The number of morpholine rings is 1. The van der Waals surface area contributed by atoms with Crippen LogP contribution >= 0.6 is 23.5 Å². The second kappa shape index (κ2) is 10.3. The Morgan fingerprint density at radius 1 is 1.00 bits per heavy atom. The zero-order chi connectivity index (χ0) is 25.4. The fourth-order valence-corrected chi connectivity index (χ4v) is 7.14. The molecule has 1 atom stereocenters. The fourth-order valence-electron chi connectivity index (χ4n) is 4.73. The summed E-state index contributed by atoms with van der Waals surface area (Å²) >= 11 is 3.54. The van der Waals surface area contributed by atoms with Gasteiger partial charge in [-0.05, 0) is 55.3 Å². The molecule has 1 saturated heterocycles. The summed E-state index contributed by atoms with van der Waals surface area (Å²) in [5.74, 6) is 0. The molecule has 2 aliphatic rings. The second-order valence-corrected chi connectivity index (χ2v) is 11.5. The highest BCUT2D eigenvalue weighted by atomic mass is 32.2. The first-order valence-electron chi connectivity index (χ1n) is 12.4. The van der Waals surface area contributed by atoms with Crippen molar-refractivity contribution in [1.82, 2.24) is 9.97 Å². The van der Waals surface area contributed by atoms with Crippen molar-refractivity contribution in [3.63, 3.8) is 0 Å². The molecule has 6 nitrogen and oxygen atoms in total. The first kappa shape index (κ1) is 24.2. The van der Waals surface area contributed by atoms with E-state index < -0.39 is 0 Å². The third-order valence-corrected chi connectivity index (χ3v) is 9.23. The summed E-state index contributed by atoms with van der Waals surface area (Å²) in [4.78, 5) is 27.0. The van der Waals surface area contributed by atoms with Crippen molar-refractivity contribution >= 4 is 34.9 Å². The molecule has 0 spiro atoms. The van der Waals surface area contributed by atoms with E-state index in [1.807, 2.05) is 12.4 Å². The third kappa shape index (κ3) is 5.14. The number of nitrogens with one attached hydrogen (secondary N) is 2. The minimum atomic E-state index is -0.0842. The van der Waals surface area contributed by atoms with Crippen LogP contribution in [0.25, 0.3) is 11.3 Å². The largest absolute Gasteiger partial charge is 0.378 e. The number of ether oxygens (including phenoxy) is 1. The Bertz CT molecular complexity index is 1510. The van der Waals surface area contributed by atoms with Crippen LogP contribution in [0.2, 0.25) is 0 Å². The van der Waals surface area contributed by atoms with Gasteiger partial charge in [0, 0.05) is 68.1 Å². The molecule has 8 heteroatoms. The van der Waals surface area contributed by atoms with Gasteiger partial charge in [0.05, 0.1) is 24.9 Å². The fraction of sp³-hybridized carbons (Fsp3) is 0.241. The summed E-state index contributed by atoms with van der Waals surface area (Å²) in [6.45, 7) is 7.18. The zero-order valence-corrected chi connectivity index (χ0v) is 22.4. The van der Waals surface area contributed by atoms with Crippen molar-refractivity contribution < 1.29 is 4.74 Å². The van der Waals surface area contributed by atoms with E-state index in [1.165, 1.54) is 25.1 Å². The monoisotopic (exact) mass is 528 g/mol. The molecule has 2 aromatic heterocycles. The quantitative estimate of drug-likeness (QED) is 0.275. The zero-order valence-electron chi connectivity index (χ0n) is 20.8. The number of pyridine rings is 2. The van der Waals surface area contributed by atoms with Crippen molar-refractivity contribution in [2.75, 3.05) is 36.5 Å². The van der Waals surface area contributed by atoms with Crippen molar-refractivity contribution in [3.05, 3.63) is 88.5 Å². The molecule has 4 aromatic rings. The van der Waals surface area contributed by atoms with Crippen LogP contribution in [0.3, 0.4) is 0 Å². The van der Waals surface area contributed by atoms with Crippen molar-refractivity contribution in [3.8, 4) is 11.3 Å². The van der Waals surface area contributed by atoms with E-state index >= 15 is 0 Å². The minimum Gasteiger partial charge on any atom is -0.378 e. The number of rotatable bonds is 5. The van der Waals surface area contributed by atoms with Crippen molar-refractivity contribution in [1.29, 1.82) is 0 Å². The van der Waals surface area contributed by atoms with Crippen LogP contribution in [-0.4, -0.2) is 36.3 Å². The number of H-pyrrole nitrogens is 1. The minimum absolute atomic E-state index is 0.0842. The van der Waals surface area contributed by atoms with E-state index in [-0.39, 0.29) is 11.6 Å². The van der Waals surface area contributed by atoms with Gasteiger partial charge in [-0.3, -0.25) is 9.78 Å². The summed E-state index contributed by atoms with van der Waals surface area (Å²) in [5, 5.41) is 3.62. The molecule has 0 aliphatic carbocycles. The number of aromatic amines is 1. The molecule has 2 aromatic carbocycles. The van der Waals surface area contributed by atoms with E-state index in [9.17, 15) is 4.79 Å². The first-order chi connectivity index (χ1) is 18.0. The van der Waals surface area contributed by atoms with Gasteiger partial charge in [0.25, 0.3) is 0 Å². The van der Waals surface area contributed by atoms with Crippen LogP contribution in [0.4, 0.5) is 11.4 Å². The molecule has 4 heterocycles. The number of aryl methyl sites for hydroxylation is 1. The Hall–Kier alpha value is -3.20. The van der Waals surface area contributed by atoms with Crippen LogP contribution in [0.15, 0.2) is 91.4 Å². The van der Waals surface area contributed by atoms with Crippen molar-refractivity contribution in [2.24, 2.45) is 0 Å². The molecular formula is C29H28N4O2S2. The predicted octanol–water partition coefficient (Wildman–Crippen LogP) is 6.37. The highest BCUT2D eigenvalue weighted by Crippen LogP contribution is 2.52. The third-order valence-electron chi connectivity index (χ3n) is 6.63. The van der Waals surface area contributed by atoms with E-state index in [0.717, 1.165) is 41.3 Å². The van der Waals surface area contributed by atoms with Crippen LogP contribution in [0.5, 0.6) is 0 Å². The topological polar surface area (TPSA) is 70.2 Å². The standard InChI is InChI=1S/C29H28N4O2S2/c1-18-12-20(17-30-16-18)19(2)31-21-6-7-25-27(13-21)36-26-5-3-4-23(29(26)37-25)24-14-22(15-28(34)32-24)33-8-10-35-11-9-33/h3-7,12-17,19,31H,8-11H2,1-2H3,(H,32,34). The number of hydrogen-bond acceptors (Lipinski definition) is 7. The molecule has 0 bridgehead atoms. The molecule has 0 amide bonds. The lowest BCUT2D eigenvalue weighted by Crippen LogP contribution is -2.36. The van der Waals surface area contributed by atoms with Crippen LogP contribution in [0, 0.1) is 6.92 Å². The van der Waals surface area contributed by atoms with E-state index in [1.54, 1.807) is 29.6 Å². The molecule has 1 unspecified atom stereocenters. The van der Waals surface area contributed by atoms with Gasteiger partial charge in [0.2, 0.25) is 5.56 Å². The lowest BCUT2D eigenvalue weighted by Gasteiger charge is -2.29. The highest BCUT2D eigenvalue weighted by molar-refractivity contribution is 8.05. The number of anilines is 2. The Kier molecular flexibility index (Phi) is 6.71. The molecular weight excluding hydrogens is 500 g/mol. The maximum atomic E-state index is 12.6. The van der Waals surface area contributed by atoms with Crippen LogP contribution in [0.1, 0.15) is 24.1 Å². The van der Waals surface area contributed by atoms with Crippen molar-refractivity contribution in [2.45, 2.75) is 39.5 Å². The van der Waals surface area contributed by atoms with Gasteiger partial charge in [-0.2, -0.15) is 0 Å². The number of benzene rings is 2. The summed E-state index contributed by atoms with van der Waals surface area (Å²) in [6.07, 6.45) is 3.80. The van der Waals surface area contributed by atoms with Gasteiger partial charge < -0.3 is 19.9 Å². The Morgan fingerprint density at radius 3 is 2.70 bits per heavy atom. The summed E-state index contributed by atoms with van der Waals surface area (Å²) in [5.41, 5.74) is 6.18. The summed E-state index contributed by atoms with van der Waals surface area (Å²) < 4.78 is 5.49. The van der Waals surface area contributed by atoms with Gasteiger partial charge >= 0.3 is 0 Å². The average Bonchev–Trinajstić information content (AvgIpc) is 2.91. The molecule has 2 aliphatic heterocycles. The Morgan fingerprint density at radius 2 is 1.86 bits per heavy atom. The smallest absolute Gasteiger partial charge is 0.250 e. The molecule has 0 radical (unpaired) electrons. The van der Waals surface area contributed by atoms with E-state index in [4.69, 9.17) is 4.74 Å². The van der Waals surface area contributed by atoms with Crippen LogP contribution in [-0.2, 0) is 4.74 Å². The molecule has 188 valence electrons. The Balaban J connectivity index is 1.27. The molecule has 0 saturated carbocycles. The summed E-state index contributed by atoms with van der Waals surface area (Å²) in [6, 6.07) is 19.0. The maximum Gasteiger partial charge on any atom is 0.250 e. The average molecular weight is 529 g/mol. The van der Waals surface area contributed by atoms with E-state index in [2.05, 4.69) is 82.6 Å². The van der Waals surface area contributed by atoms with Gasteiger partial charge in [-0.25, -0.2) is 0 Å². The normalized spacial score (nSPS) is 15.6. The maximum absolute atomic E-state index is 12.6. The molecule has 1 fully saturated rings. The lowest BCUT2D eigenvalue weighted by molar-refractivity contribution is 0.122. The first-order valence-corrected chi connectivity index (χ1v) is 14.0. The van der Waals surface area contributed by atoms with Gasteiger partial charge in [0.15, 0.2) is 0 Å². The molecule has 6 rings (SSSR count). The number of aromatic nitrogens is 2. The Labute approximate surface area is 224 Å². The number of nitrogens with zero attached hydrogens (tertiary/aromatic N) is 2. The van der Waals surface area contributed by atoms with Gasteiger partial charge in [0.1, 0.15) is 0 Å². The van der Waals surface area contributed by atoms with Gasteiger partial charge in [-0.15, -0.1) is 0 Å². The van der Waals surface area contributed by atoms with E-state index in [0.29, 0.717) is 13.2 Å². The van der Waals surface area contributed by atoms with Gasteiger partial charge in [-0.1, -0.05) is 41.7 Å².